The van der Waals surface area contributed by atoms with Gasteiger partial charge in [0, 0.05) is 18.8 Å². The number of sulfonamides is 1. The van der Waals surface area contributed by atoms with Gasteiger partial charge in [0.15, 0.2) is 0 Å². The van der Waals surface area contributed by atoms with E-state index >= 15 is 0 Å². The molecule has 0 bridgehead atoms. The number of benzene rings is 1. The number of nitrogens with one attached hydrogen (secondary N) is 3. The molecule has 122 valence electrons. The highest BCUT2D eigenvalue weighted by atomic mass is 32.2. The van der Waals surface area contributed by atoms with E-state index in [2.05, 4.69) is 15.0 Å². The lowest BCUT2D eigenvalue weighted by molar-refractivity contribution is 0.0950. The van der Waals surface area contributed by atoms with Crippen LogP contribution in [0.5, 0.6) is 0 Å². The highest BCUT2D eigenvalue weighted by molar-refractivity contribution is 7.88. The zero-order valence-electron chi connectivity index (χ0n) is 12.5. The van der Waals surface area contributed by atoms with Crippen molar-refractivity contribution >= 4 is 15.9 Å². The number of amides is 1. The van der Waals surface area contributed by atoms with Gasteiger partial charge in [-0.25, -0.2) is 13.1 Å². The molecule has 23 heavy (non-hydrogen) atoms. The van der Waals surface area contributed by atoms with Crippen LogP contribution in [0.1, 0.15) is 21.5 Å². The average molecular weight is 335 g/mol. The Balaban J connectivity index is 1.95. The van der Waals surface area contributed by atoms with E-state index in [9.17, 15) is 18.0 Å². The second-order valence-electron chi connectivity index (χ2n) is 4.90. The van der Waals surface area contributed by atoms with Crippen LogP contribution in [-0.4, -0.2) is 26.4 Å². The minimum atomic E-state index is -3.30. The van der Waals surface area contributed by atoms with E-state index in [1.54, 1.807) is 24.3 Å². The van der Waals surface area contributed by atoms with Gasteiger partial charge in [-0.1, -0.05) is 24.3 Å². The summed E-state index contributed by atoms with van der Waals surface area (Å²) in [6.07, 6.45) is 1.35. The quantitative estimate of drug-likeness (QED) is 0.708. The van der Waals surface area contributed by atoms with Gasteiger partial charge in [0.05, 0.1) is 11.3 Å². The molecule has 0 aliphatic heterocycles. The van der Waals surface area contributed by atoms with E-state index in [1.807, 2.05) is 0 Å². The van der Waals surface area contributed by atoms with Crippen molar-refractivity contribution in [2.75, 3.05) is 7.05 Å². The number of pyridine rings is 1. The summed E-state index contributed by atoms with van der Waals surface area (Å²) in [7, 11) is -1.93. The van der Waals surface area contributed by atoms with E-state index in [4.69, 9.17) is 0 Å². The molecule has 0 atom stereocenters. The van der Waals surface area contributed by atoms with Crippen molar-refractivity contribution in [1.29, 1.82) is 0 Å². The first-order valence-electron chi connectivity index (χ1n) is 6.85. The molecule has 0 aliphatic carbocycles. The summed E-state index contributed by atoms with van der Waals surface area (Å²) >= 11 is 0. The van der Waals surface area contributed by atoms with Crippen LogP contribution >= 0.6 is 0 Å². The molecule has 1 heterocycles. The normalized spacial score (nSPS) is 11.2. The summed E-state index contributed by atoms with van der Waals surface area (Å²) in [5.74, 6) is -0.392. The predicted molar refractivity (Wildman–Crippen MR) is 86.4 cm³/mol. The predicted octanol–water partition coefficient (Wildman–Crippen LogP) is 0.354. The summed E-state index contributed by atoms with van der Waals surface area (Å²) in [4.78, 5) is 25.3. The third-order valence-corrected chi connectivity index (χ3v) is 4.53. The molecule has 0 radical (unpaired) electrons. The van der Waals surface area contributed by atoms with Gasteiger partial charge in [0.25, 0.3) is 5.91 Å². The first-order valence-corrected chi connectivity index (χ1v) is 8.51. The van der Waals surface area contributed by atoms with Crippen LogP contribution in [0.15, 0.2) is 47.4 Å². The highest BCUT2D eigenvalue weighted by Gasteiger charge is 2.09. The lowest BCUT2D eigenvalue weighted by Gasteiger charge is -2.07. The van der Waals surface area contributed by atoms with Gasteiger partial charge in [-0.15, -0.1) is 0 Å². The Morgan fingerprint density at radius 3 is 2.30 bits per heavy atom. The molecule has 0 unspecified atom stereocenters. The highest BCUT2D eigenvalue weighted by Crippen LogP contribution is 2.08. The van der Waals surface area contributed by atoms with E-state index in [0.717, 1.165) is 5.56 Å². The van der Waals surface area contributed by atoms with Crippen LogP contribution in [0.4, 0.5) is 0 Å². The van der Waals surface area contributed by atoms with Gasteiger partial charge in [0.1, 0.15) is 0 Å². The number of aromatic amines is 1. The van der Waals surface area contributed by atoms with Crippen molar-refractivity contribution in [1.82, 2.24) is 15.0 Å². The van der Waals surface area contributed by atoms with Crippen LogP contribution in [0.2, 0.25) is 0 Å². The van der Waals surface area contributed by atoms with Crippen molar-refractivity contribution in [2.24, 2.45) is 0 Å². The summed E-state index contributed by atoms with van der Waals surface area (Å²) in [5, 5.41) is 2.72. The Bertz CT molecular complexity index is 821. The SMILES string of the molecule is CNS(=O)(=O)Cc1ccc(CNC(=O)c2ccc(=O)[nH]c2)cc1. The maximum atomic E-state index is 11.9. The number of hydrogen-bond acceptors (Lipinski definition) is 4. The van der Waals surface area contributed by atoms with Gasteiger partial charge < -0.3 is 10.3 Å². The fourth-order valence-corrected chi connectivity index (χ4v) is 2.66. The van der Waals surface area contributed by atoms with Crippen molar-refractivity contribution in [3.8, 4) is 0 Å². The molecule has 0 saturated heterocycles. The fourth-order valence-electron chi connectivity index (χ4n) is 1.88. The monoisotopic (exact) mass is 335 g/mol. The van der Waals surface area contributed by atoms with Gasteiger partial charge in [0.2, 0.25) is 15.6 Å². The van der Waals surface area contributed by atoms with Gasteiger partial charge in [-0.2, -0.15) is 0 Å². The number of aromatic nitrogens is 1. The Hall–Kier alpha value is -2.45. The van der Waals surface area contributed by atoms with E-state index in [1.165, 1.54) is 25.4 Å². The van der Waals surface area contributed by atoms with Crippen LogP contribution in [0, 0.1) is 0 Å². The van der Waals surface area contributed by atoms with E-state index < -0.39 is 10.0 Å². The lowest BCUT2D eigenvalue weighted by Crippen LogP contribution is -2.23. The van der Waals surface area contributed by atoms with Crippen LogP contribution in [-0.2, 0) is 22.3 Å². The van der Waals surface area contributed by atoms with Crippen molar-refractivity contribution < 1.29 is 13.2 Å². The molecule has 1 aromatic carbocycles. The van der Waals surface area contributed by atoms with Crippen LogP contribution in [0.25, 0.3) is 0 Å². The first kappa shape index (κ1) is 16.9. The molecule has 0 aliphatic rings. The van der Waals surface area contributed by atoms with E-state index in [0.29, 0.717) is 17.7 Å². The average Bonchev–Trinajstić information content (AvgIpc) is 2.54. The Labute approximate surface area is 133 Å². The van der Waals surface area contributed by atoms with Gasteiger partial charge >= 0.3 is 0 Å². The summed E-state index contributed by atoms with van der Waals surface area (Å²) in [6, 6.07) is 9.65. The van der Waals surface area contributed by atoms with Crippen LogP contribution in [0.3, 0.4) is 0 Å². The third-order valence-electron chi connectivity index (χ3n) is 3.19. The smallest absolute Gasteiger partial charge is 0.253 e. The topological polar surface area (TPSA) is 108 Å². The zero-order chi connectivity index (χ0) is 16.9. The standard InChI is InChI=1S/C15H17N3O4S/c1-16-23(21,22)10-12-4-2-11(3-5-12)8-18-15(20)13-6-7-14(19)17-9-13/h2-7,9,16H,8,10H2,1H3,(H,17,19)(H,18,20). The maximum absolute atomic E-state index is 11.9. The number of carbonyl (C=O) groups is 1. The molecular weight excluding hydrogens is 318 g/mol. The Kier molecular flexibility index (Phi) is 5.30. The number of hydrogen-bond donors (Lipinski definition) is 3. The van der Waals surface area contributed by atoms with Crippen molar-refractivity contribution in [3.05, 3.63) is 69.6 Å². The second kappa shape index (κ2) is 7.21. The summed E-state index contributed by atoms with van der Waals surface area (Å²) in [5.41, 5.74) is 1.60. The molecule has 3 N–H and O–H groups in total. The van der Waals surface area contributed by atoms with Gasteiger partial charge in [-0.3, -0.25) is 9.59 Å². The molecule has 0 saturated carbocycles. The molecule has 1 aromatic heterocycles. The van der Waals surface area contributed by atoms with E-state index in [-0.39, 0.29) is 17.2 Å². The lowest BCUT2D eigenvalue weighted by atomic mass is 10.1. The molecule has 7 nitrogen and oxygen atoms in total. The number of H-pyrrole nitrogens is 1. The second-order valence-corrected chi connectivity index (χ2v) is 6.83. The van der Waals surface area contributed by atoms with Crippen molar-refractivity contribution in [3.63, 3.8) is 0 Å². The van der Waals surface area contributed by atoms with Crippen molar-refractivity contribution in [2.45, 2.75) is 12.3 Å². The maximum Gasteiger partial charge on any atom is 0.253 e. The minimum Gasteiger partial charge on any atom is -0.348 e. The van der Waals surface area contributed by atoms with Crippen LogP contribution < -0.4 is 15.6 Å². The number of rotatable bonds is 6. The number of carbonyl (C=O) groups excluding carboxylic acids is 1. The minimum absolute atomic E-state index is 0.0898. The molecule has 8 heteroatoms. The third kappa shape index (κ3) is 5.04. The Morgan fingerprint density at radius 1 is 1.09 bits per heavy atom. The fraction of sp³-hybridized carbons (Fsp3) is 0.200. The zero-order valence-corrected chi connectivity index (χ0v) is 13.3. The first-order chi connectivity index (χ1) is 10.9. The van der Waals surface area contributed by atoms with Gasteiger partial charge in [-0.05, 0) is 24.2 Å². The molecule has 0 fully saturated rings. The molecular formula is C15H17N3O4S. The Morgan fingerprint density at radius 2 is 1.74 bits per heavy atom. The summed E-state index contributed by atoms with van der Waals surface area (Å²) in [6.45, 7) is 0.303. The molecule has 2 rings (SSSR count). The molecule has 1 amide bonds. The molecule has 2 aromatic rings. The molecule has 0 spiro atoms. The summed E-state index contributed by atoms with van der Waals surface area (Å²) < 4.78 is 25.2. The largest absolute Gasteiger partial charge is 0.348 e.